The van der Waals surface area contributed by atoms with Gasteiger partial charge < -0.3 is 4.57 Å². The number of Topliss-reactive ketones (excluding diaryl/α,β-unsaturated/α-hetero) is 4. The Hall–Kier alpha value is -4.20. The third kappa shape index (κ3) is 2.81. The molecule has 7 rings (SSSR count). The number of hydrogen-bond acceptors (Lipinski definition) is 6. The molecule has 0 saturated heterocycles. The van der Waals surface area contributed by atoms with Gasteiger partial charge in [0.25, 0.3) is 0 Å². The first-order valence-corrected chi connectivity index (χ1v) is 12.9. The van der Waals surface area contributed by atoms with E-state index >= 15 is 0 Å². The minimum absolute atomic E-state index is 0.429. The highest BCUT2D eigenvalue weighted by Crippen LogP contribution is 2.42. The van der Waals surface area contributed by atoms with Crippen molar-refractivity contribution in [3.63, 3.8) is 0 Å². The average molecular weight is 506 g/mol. The number of allylic oxidation sites excluding steroid dienone is 2. The van der Waals surface area contributed by atoms with Crippen molar-refractivity contribution in [1.82, 2.24) is 4.57 Å². The molecule has 3 heterocycles. The number of carbonyl (C=O) groups is 4. The van der Waals surface area contributed by atoms with Crippen LogP contribution >= 0.6 is 22.7 Å². The van der Waals surface area contributed by atoms with Crippen LogP contribution in [0.15, 0.2) is 60.7 Å². The van der Waals surface area contributed by atoms with E-state index in [1.165, 1.54) is 0 Å². The summed E-state index contributed by atoms with van der Waals surface area (Å²) < 4.78 is 4.24. The van der Waals surface area contributed by atoms with Crippen LogP contribution in [-0.2, 0) is 16.6 Å². The number of thiophene rings is 2. The fraction of sp³-hybridized carbons (Fsp3) is 0.0345. The molecular weight excluding hydrogens is 490 g/mol. The van der Waals surface area contributed by atoms with Gasteiger partial charge >= 0.3 is 0 Å². The Morgan fingerprint density at radius 1 is 0.583 bits per heavy atom. The molecule has 0 unspecified atom stereocenters. The van der Waals surface area contributed by atoms with Crippen LogP contribution in [0.1, 0.15) is 41.6 Å². The van der Waals surface area contributed by atoms with E-state index in [4.69, 9.17) is 0 Å². The van der Waals surface area contributed by atoms with E-state index in [0.717, 1.165) is 30.2 Å². The number of benzene rings is 2. The van der Waals surface area contributed by atoms with Gasteiger partial charge in [-0.2, -0.15) is 0 Å². The topological polar surface area (TPSA) is 73.2 Å². The van der Waals surface area contributed by atoms with Gasteiger partial charge in [-0.05, 0) is 35.4 Å². The summed E-state index contributed by atoms with van der Waals surface area (Å²) in [5.41, 5.74) is 5.19. The minimum atomic E-state index is -0.472. The molecule has 0 radical (unpaired) electrons. The summed E-state index contributed by atoms with van der Waals surface area (Å²) in [7, 11) is 1.98. The van der Waals surface area contributed by atoms with E-state index in [-0.39, 0.29) is 0 Å². The molecule has 0 spiro atoms. The lowest BCUT2D eigenvalue weighted by Gasteiger charge is -1.97. The van der Waals surface area contributed by atoms with Crippen LogP contribution in [0, 0.1) is 0 Å². The van der Waals surface area contributed by atoms with E-state index < -0.39 is 23.1 Å². The van der Waals surface area contributed by atoms with Gasteiger partial charge in [0.2, 0.25) is 23.1 Å². The summed E-state index contributed by atoms with van der Waals surface area (Å²) in [6, 6.07) is 18.2. The molecule has 2 aliphatic carbocycles. The van der Waals surface area contributed by atoms with Crippen LogP contribution in [0.25, 0.3) is 43.7 Å². The van der Waals surface area contributed by atoms with E-state index in [2.05, 4.69) is 4.57 Å². The van der Waals surface area contributed by atoms with Crippen molar-refractivity contribution in [3.05, 3.63) is 92.7 Å². The Balaban J connectivity index is 1.33. The number of nitrogens with zero attached hydrogens (tertiary/aromatic N) is 1. The summed E-state index contributed by atoms with van der Waals surface area (Å²) in [5, 5.41) is 0. The molecule has 0 fully saturated rings. The quantitative estimate of drug-likeness (QED) is 0.216. The van der Waals surface area contributed by atoms with Crippen LogP contribution in [0.2, 0.25) is 0 Å². The highest BCUT2D eigenvalue weighted by Gasteiger charge is 2.34. The highest BCUT2D eigenvalue weighted by molar-refractivity contribution is 7.28. The van der Waals surface area contributed by atoms with Gasteiger partial charge in [-0.15, -0.1) is 22.7 Å². The fourth-order valence-electron chi connectivity index (χ4n) is 5.03. The molecule has 5 nitrogen and oxygen atoms in total. The molecule has 0 N–H and O–H groups in total. The Morgan fingerprint density at radius 3 is 1.39 bits per heavy atom. The molecule has 7 heteroatoms. The Kier molecular flexibility index (Phi) is 4.34. The molecule has 2 aromatic carbocycles. The smallest absolute Gasteiger partial charge is 0.234 e. The maximum absolute atomic E-state index is 12.6. The summed E-state index contributed by atoms with van der Waals surface area (Å²) in [6.07, 6.45) is 3.61. The maximum atomic E-state index is 12.6. The maximum Gasteiger partial charge on any atom is 0.234 e. The lowest BCUT2D eigenvalue weighted by molar-refractivity contribution is -0.110. The van der Waals surface area contributed by atoms with Crippen molar-refractivity contribution in [1.29, 1.82) is 0 Å². The second-order valence-corrected chi connectivity index (χ2v) is 11.0. The van der Waals surface area contributed by atoms with E-state index in [0.29, 0.717) is 33.4 Å². The third-order valence-electron chi connectivity index (χ3n) is 6.79. The predicted octanol–water partition coefficient (Wildman–Crippen LogP) is 6.07. The fourth-order valence-corrected chi connectivity index (χ4v) is 7.44. The van der Waals surface area contributed by atoms with Crippen LogP contribution in [0.5, 0.6) is 0 Å². The number of aryl methyl sites for hydroxylation is 1. The molecule has 0 saturated carbocycles. The van der Waals surface area contributed by atoms with Gasteiger partial charge in [0, 0.05) is 39.1 Å². The third-order valence-corrected chi connectivity index (χ3v) is 9.10. The first-order valence-electron chi connectivity index (χ1n) is 11.2. The normalized spacial score (nSPS) is 17.4. The summed E-state index contributed by atoms with van der Waals surface area (Å²) >= 11 is 3.13. The molecule has 36 heavy (non-hydrogen) atoms. The number of ketones is 4. The Morgan fingerprint density at radius 2 is 0.972 bits per heavy atom. The number of fused-ring (bicyclic) bond motifs is 5. The van der Waals surface area contributed by atoms with Crippen LogP contribution < -0.4 is 0 Å². The molecule has 0 amide bonds. The zero-order valence-electron chi connectivity index (χ0n) is 18.8. The lowest BCUT2D eigenvalue weighted by atomic mass is 10.1. The van der Waals surface area contributed by atoms with Crippen molar-refractivity contribution >= 4 is 89.5 Å². The van der Waals surface area contributed by atoms with Crippen LogP contribution in [-0.4, -0.2) is 27.7 Å². The van der Waals surface area contributed by atoms with Crippen molar-refractivity contribution < 1.29 is 19.2 Å². The summed E-state index contributed by atoms with van der Waals surface area (Å²) in [4.78, 5) is 51.8. The highest BCUT2D eigenvalue weighted by atomic mass is 32.1. The van der Waals surface area contributed by atoms with Gasteiger partial charge in [0.05, 0.1) is 20.4 Å². The SMILES string of the molecule is Cn1c2cc(/C=C3\C(=O)C(=O)c4ccccc43)sc2c2sc(/C=C3\C(=O)C(=O)c4ccccc43)cc21. The standard InChI is InChI=1S/C29H15NO4S2/c1-30-22-12-14(10-20-16-6-2-4-8-18(16)24(31)26(20)33)35-28(22)29-23(30)13-15(36-29)11-21-17-7-3-5-9-19(17)25(32)27(21)34/h2-13H,1H3/b20-10-,21-11-. The van der Waals surface area contributed by atoms with E-state index in [9.17, 15) is 19.2 Å². The van der Waals surface area contributed by atoms with E-state index in [1.54, 1.807) is 59.1 Å². The number of hydrogen-bond donors (Lipinski definition) is 0. The molecular formula is C29H15NO4S2. The minimum Gasteiger partial charge on any atom is -0.342 e. The van der Waals surface area contributed by atoms with Gasteiger partial charge in [0.15, 0.2) is 0 Å². The first-order chi connectivity index (χ1) is 17.4. The molecule has 0 bridgehead atoms. The van der Waals surface area contributed by atoms with Crippen LogP contribution in [0.3, 0.4) is 0 Å². The van der Waals surface area contributed by atoms with Gasteiger partial charge in [-0.3, -0.25) is 19.2 Å². The second kappa shape index (κ2) is 7.40. The predicted molar refractivity (Wildman–Crippen MR) is 143 cm³/mol. The van der Waals surface area contributed by atoms with E-state index in [1.807, 2.05) is 43.4 Å². The largest absolute Gasteiger partial charge is 0.342 e. The second-order valence-electron chi connectivity index (χ2n) is 8.81. The zero-order valence-corrected chi connectivity index (χ0v) is 20.5. The van der Waals surface area contributed by atoms with Crippen molar-refractivity contribution in [2.45, 2.75) is 0 Å². The number of carbonyl (C=O) groups excluding carboxylic acids is 4. The molecule has 0 atom stereocenters. The van der Waals surface area contributed by atoms with Gasteiger partial charge in [-0.1, -0.05) is 48.5 Å². The van der Waals surface area contributed by atoms with Crippen molar-refractivity contribution in [2.24, 2.45) is 7.05 Å². The summed E-state index contributed by atoms with van der Waals surface area (Å²) in [6.45, 7) is 0. The number of aromatic nitrogens is 1. The molecule has 3 aromatic heterocycles. The van der Waals surface area contributed by atoms with Crippen molar-refractivity contribution in [3.8, 4) is 0 Å². The number of rotatable bonds is 2. The molecule has 172 valence electrons. The van der Waals surface area contributed by atoms with Gasteiger partial charge in [0.1, 0.15) is 0 Å². The monoisotopic (exact) mass is 505 g/mol. The van der Waals surface area contributed by atoms with Crippen molar-refractivity contribution in [2.75, 3.05) is 0 Å². The molecule has 5 aromatic rings. The van der Waals surface area contributed by atoms with Gasteiger partial charge in [-0.25, -0.2) is 0 Å². The first kappa shape index (κ1) is 21.1. The molecule has 0 aliphatic heterocycles. The Labute approximate surface area is 212 Å². The molecule has 2 aliphatic rings. The zero-order chi connectivity index (χ0) is 24.7. The average Bonchev–Trinajstić information content (AvgIpc) is 3.65. The summed E-state index contributed by atoms with van der Waals surface area (Å²) in [5.74, 6) is -1.87. The Bertz CT molecular complexity index is 1790. The van der Waals surface area contributed by atoms with Crippen LogP contribution in [0.4, 0.5) is 0 Å². The lowest BCUT2D eigenvalue weighted by Crippen LogP contribution is -2.05.